The van der Waals surface area contributed by atoms with Gasteiger partial charge in [0.1, 0.15) is 0 Å². The number of rotatable bonds is 5. The van der Waals surface area contributed by atoms with Crippen molar-refractivity contribution >= 4 is 17.5 Å². The molecule has 152 valence electrons. The van der Waals surface area contributed by atoms with Crippen LogP contribution in [0.25, 0.3) is 0 Å². The third-order valence-corrected chi connectivity index (χ3v) is 6.03. The summed E-state index contributed by atoms with van der Waals surface area (Å²) >= 11 is 0. The summed E-state index contributed by atoms with van der Waals surface area (Å²) in [7, 11) is 0. The maximum atomic E-state index is 13.0. The van der Waals surface area contributed by atoms with Crippen LogP contribution in [0.1, 0.15) is 17.5 Å². The van der Waals surface area contributed by atoms with E-state index in [1.54, 1.807) is 4.90 Å². The second-order valence-electron chi connectivity index (χ2n) is 8.15. The molecule has 0 saturated carbocycles. The van der Waals surface area contributed by atoms with Gasteiger partial charge in [-0.1, -0.05) is 42.5 Å². The summed E-state index contributed by atoms with van der Waals surface area (Å²) in [5.74, 6) is -0.0365. The third-order valence-electron chi connectivity index (χ3n) is 6.03. The number of hydrogen-bond donors (Lipinski definition) is 0. The van der Waals surface area contributed by atoms with Crippen LogP contribution in [0.4, 0.5) is 5.69 Å². The van der Waals surface area contributed by atoms with Crippen LogP contribution in [0, 0.1) is 12.8 Å². The minimum Gasteiger partial charge on any atom is -0.340 e. The molecular weight excluding hydrogens is 362 g/mol. The van der Waals surface area contributed by atoms with Crippen molar-refractivity contribution in [3.63, 3.8) is 0 Å². The molecule has 0 spiro atoms. The topological polar surface area (TPSA) is 43.9 Å². The Labute approximate surface area is 172 Å². The number of anilines is 1. The molecular formula is C24H29N3O2. The maximum Gasteiger partial charge on any atom is 0.228 e. The molecule has 5 heteroatoms. The largest absolute Gasteiger partial charge is 0.340 e. The summed E-state index contributed by atoms with van der Waals surface area (Å²) < 4.78 is 0. The van der Waals surface area contributed by atoms with Crippen LogP contribution in [-0.4, -0.2) is 60.9 Å². The minimum atomic E-state index is -0.223. The number of aryl methyl sites for hydroxylation is 1. The Morgan fingerprint density at radius 2 is 1.76 bits per heavy atom. The third kappa shape index (κ3) is 4.67. The van der Waals surface area contributed by atoms with E-state index in [2.05, 4.69) is 29.2 Å². The Hall–Kier alpha value is -2.66. The zero-order valence-corrected chi connectivity index (χ0v) is 17.1. The molecule has 2 aromatic carbocycles. The number of hydrogen-bond acceptors (Lipinski definition) is 3. The van der Waals surface area contributed by atoms with Crippen LogP contribution >= 0.6 is 0 Å². The average molecular weight is 392 g/mol. The molecule has 2 aliphatic heterocycles. The summed E-state index contributed by atoms with van der Waals surface area (Å²) in [6, 6.07) is 18.5. The Morgan fingerprint density at radius 1 is 1.00 bits per heavy atom. The second-order valence-corrected chi connectivity index (χ2v) is 8.15. The fourth-order valence-electron chi connectivity index (χ4n) is 4.30. The first kappa shape index (κ1) is 19.6. The van der Waals surface area contributed by atoms with E-state index in [1.807, 2.05) is 42.2 Å². The highest BCUT2D eigenvalue weighted by atomic mass is 16.2. The first-order valence-electron chi connectivity index (χ1n) is 10.5. The Morgan fingerprint density at radius 3 is 2.48 bits per heavy atom. The van der Waals surface area contributed by atoms with Gasteiger partial charge in [0.25, 0.3) is 0 Å². The van der Waals surface area contributed by atoms with Gasteiger partial charge in [-0.25, -0.2) is 0 Å². The molecule has 29 heavy (non-hydrogen) atoms. The molecule has 0 aliphatic carbocycles. The molecule has 0 N–H and O–H groups in total. The number of piperazine rings is 1. The van der Waals surface area contributed by atoms with Gasteiger partial charge in [-0.05, 0) is 36.6 Å². The molecule has 2 fully saturated rings. The average Bonchev–Trinajstić information content (AvgIpc) is 3.14. The number of amides is 2. The number of benzene rings is 2. The molecule has 0 radical (unpaired) electrons. The first-order valence-corrected chi connectivity index (χ1v) is 10.5. The second kappa shape index (κ2) is 8.78. The maximum absolute atomic E-state index is 13.0. The van der Waals surface area contributed by atoms with E-state index < -0.39 is 0 Å². The van der Waals surface area contributed by atoms with Gasteiger partial charge in [-0.15, -0.1) is 0 Å². The Kier molecular flexibility index (Phi) is 5.95. The van der Waals surface area contributed by atoms with Gasteiger partial charge in [0.2, 0.25) is 11.8 Å². The van der Waals surface area contributed by atoms with Gasteiger partial charge in [0, 0.05) is 51.4 Å². The molecule has 1 unspecified atom stereocenters. The number of carbonyl (C=O) groups is 2. The normalized spacial score (nSPS) is 20.3. The zero-order chi connectivity index (χ0) is 20.2. The summed E-state index contributed by atoms with van der Waals surface area (Å²) in [4.78, 5) is 31.7. The standard InChI is InChI=1S/C24H29N3O2/c1-19-6-5-9-22(16-19)27-18-21(17-23(27)28)24(29)26-14-12-25(13-15-26)11-10-20-7-3-2-4-8-20/h2-9,16,21H,10-15,17-18H2,1H3. The van der Waals surface area contributed by atoms with Crippen LogP contribution in [0.2, 0.25) is 0 Å². The van der Waals surface area contributed by atoms with Crippen molar-refractivity contribution in [3.8, 4) is 0 Å². The molecule has 2 aromatic rings. The monoisotopic (exact) mass is 391 g/mol. The molecule has 2 aliphatic rings. The van der Waals surface area contributed by atoms with Crippen LogP contribution in [-0.2, 0) is 16.0 Å². The van der Waals surface area contributed by atoms with E-state index in [-0.39, 0.29) is 17.7 Å². The predicted octanol–water partition coefficient (Wildman–Crippen LogP) is 2.73. The first-order chi connectivity index (χ1) is 14.1. The number of carbonyl (C=O) groups excluding carboxylic acids is 2. The molecule has 5 nitrogen and oxygen atoms in total. The van der Waals surface area contributed by atoms with Gasteiger partial charge < -0.3 is 9.80 Å². The van der Waals surface area contributed by atoms with Crippen molar-refractivity contribution in [2.45, 2.75) is 19.8 Å². The summed E-state index contributed by atoms with van der Waals surface area (Å²) in [6.45, 7) is 6.85. The van der Waals surface area contributed by atoms with Crippen LogP contribution < -0.4 is 4.90 Å². The van der Waals surface area contributed by atoms with Gasteiger partial charge in [-0.2, -0.15) is 0 Å². The Balaban J connectivity index is 1.28. The predicted molar refractivity (Wildman–Crippen MR) is 115 cm³/mol. The highest BCUT2D eigenvalue weighted by Crippen LogP contribution is 2.27. The van der Waals surface area contributed by atoms with Gasteiger partial charge >= 0.3 is 0 Å². The van der Waals surface area contributed by atoms with Crippen LogP contribution in [0.15, 0.2) is 54.6 Å². The van der Waals surface area contributed by atoms with Crippen molar-refractivity contribution in [1.82, 2.24) is 9.80 Å². The van der Waals surface area contributed by atoms with Crippen molar-refractivity contribution < 1.29 is 9.59 Å². The van der Waals surface area contributed by atoms with E-state index >= 15 is 0 Å². The fourth-order valence-corrected chi connectivity index (χ4v) is 4.30. The van der Waals surface area contributed by atoms with Crippen LogP contribution in [0.3, 0.4) is 0 Å². The van der Waals surface area contributed by atoms with Crippen molar-refractivity contribution in [3.05, 3.63) is 65.7 Å². The van der Waals surface area contributed by atoms with Crippen molar-refractivity contribution in [1.29, 1.82) is 0 Å². The Bertz CT molecular complexity index is 859. The van der Waals surface area contributed by atoms with Gasteiger partial charge in [-0.3, -0.25) is 14.5 Å². The molecule has 2 heterocycles. The van der Waals surface area contributed by atoms with E-state index in [0.29, 0.717) is 13.0 Å². The molecule has 1 atom stereocenters. The van der Waals surface area contributed by atoms with E-state index in [1.165, 1.54) is 5.56 Å². The zero-order valence-electron chi connectivity index (χ0n) is 17.1. The van der Waals surface area contributed by atoms with E-state index in [9.17, 15) is 9.59 Å². The quantitative estimate of drug-likeness (QED) is 0.787. The summed E-state index contributed by atoms with van der Waals surface area (Å²) in [5, 5.41) is 0. The smallest absolute Gasteiger partial charge is 0.228 e. The molecule has 2 saturated heterocycles. The SMILES string of the molecule is Cc1cccc(N2CC(C(=O)N3CCN(CCc4ccccc4)CC3)CC2=O)c1. The van der Waals surface area contributed by atoms with E-state index in [0.717, 1.165) is 50.4 Å². The lowest BCUT2D eigenvalue weighted by Gasteiger charge is -2.36. The van der Waals surface area contributed by atoms with Crippen molar-refractivity contribution in [2.75, 3.05) is 44.2 Å². The molecule has 0 bridgehead atoms. The lowest BCUT2D eigenvalue weighted by Crippen LogP contribution is -2.51. The fraction of sp³-hybridized carbons (Fsp3) is 0.417. The lowest BCUT2D eigenvalue weighted by atomic mass is 10.1. The summed E-state index contributed by atoms with van der Waals surface area (Å²) in [6.07, 6.45) is 1.36. The summed E-state index contributed by atoms with van der Waals surface area (Å²) in [5.41, 5.74) is 3.37. The van der Waals surface area contributed by atoms with Crippen LogP contribution in [0.5, 0.6) is 0 Å². The molecule has 4 rings (SSSR count). The van der Waals surface area contributed by atoms with E-state index in [4.69, 9.17) is 0 Å². The lowest BCUT2D eigenvalue weighted by molar-refractivity contribution is -0.137. The van der Waals surface area contributed by atoms with Gasteiger partial charge in [0.05, 0.1) is 5.92 Å². The van der Waals surface area contributed by atoms with Crippen molar-refractivity contribution in [2.24, 2.45) is 5.92 Å². The highest BCUT2D eigenvalue weighted by Gasteiger charge is 2.37. The van der Waals surface area contributed by atoms with Gasteiger partial charge in [0.15, 0.2) is 0 Å². The number of nitrogens with zero attached hydrogens (tertiary/aromatic N) is 3. The molecule has 0 aromatic heterocycles. The highest BCUT2D eigenvalue weighted by molar-refractivity contribution is 6.00. The molecule has 2 amide bonds. The minimum absolute atomic E-state index is 0.0513.